The molecule has 0 aliphatic carbocycles. The first kappa shape index (κ1) is 14.0. The molecule has 1 saturated heterocycles. The van der Waals surface area contributed by atoms with Crippen LogP contribution in [0.15, 0.2) is 10.9 Å². The van der Waals surface area contributed by atoms with Gasteiger partial charge in [-0.25, -0.2) is 4.98 Å². The van der Waals surface area contributed by atoms with Crippen LogP contribution in [-0.2, 0) is 6.42 Å². The Hall–Kier alpha value is -0.450. The highest BCUT2D eigenvalue weighted by Crippen LogP contribution is 2.20. The lowest BCUT2D eigenvalue weighted by molar-refractivity contribution is 0.169. The Morgan fingerprint density at radius 1 is 1.50 bits per heavy atom. The average Bonchev–Trinajstić information content (AvgIpc) is 2.92. The van der Waals surface area contributed by atoms with Gasteiger partial charge in [-0.3, -0.25) is 0 Å². The minimum atomic E-state index is 0.641. The SMILES string of the molecule is CCN1CCC(C(C)NCCc2cscn2)CC1. The molecule has 0 radical (unpaired) electrons. The van der Waals surface area contributed by atoms with E-state index in [0.29, 0.717) is 6.04 Å². The van der Waals surface area contributed by atoms with Crippen LogP contribution < -0.4 is 5.32 Å². The summed E-state index contributed by atoms with van der Waals surface area (Å²) in [7, 11) is 0. The van der Waals surface area contributed by atoms with Gasteiger partial charge in [-0.05, 0) is 45.3 Å². The van der Waals surface area contributed by atoms with Crippen molar-refractivity contribution in [3.8, 4) is 0 Å². The summed E-state index contributed by atoms with van der Waals surface area (Å²) in [5.41, 5.74) is 3.14. The van der Waals surface area contributed by atoms with E-state index in [1.54, 1.807) is 11.3 Å². The van der Waals surface area contributed by atoms with Crippen LogP contribution in [0.4, 0.5) is 0 Å². The molecule has 0 amide bonds. The van der Waals surface area contributed by atoms with Crippen LogP contribution in [0, 0.1) is 5.92 Å². The zero-order valence-electron chi connectivity index (χ0n) is 11.6. The Kier molecular flexibility index (Phi) is 5.60. The van der Waals surface area contributed by atoms with E-state index in [0.717, 1.165) is 18.9 Å². The maximum absolute atomic E-state index is 4.32. The molecule has 1 unspecified atom stereocenters. The number of nitrogens with zero attached hydrogens (tertiary/aromatic N) is 2. The van der Waals surface area contributed by atoms with Crippen molar-refractivity contribution >= 4 is 11.3 Å². The van der Waals surface area contributed by atoms with Crippen LogP contribution in [0.5, 0.6) is 0 Å². The Bertz CT molecular complexity index is 318. The molecule has 18 heavy (non-hydrogen) atoms. The number of piperidine rings is 1. The topological polar surface area (TPSA) is 28.2 Å². The van der Waals surface area contributed by atoms with Crippen molar-refractivity contribution in [2.75, 3.05) is 26.2 Å². The number of likely N-dealkylation sites (tertiary alicyclic amines) is 1. The molecule has 1 aromatic heterocycles. The number of rotatable bonds is 6. The normalized spacial score (nSPS) is 20.1. The third-order valence-corrected chi connectivity index (χ3v) is 4.75. The Morgan fingerprint density at radius 3 is 2.89 bits per heavy atom. The zero-order chi connectivity index (χ0) is 12.8. The second-order valence-corrected chi connectivity index (χ2v) is 5.96. The van der Waals surface area contributed by atoms with Gasteiger partial charge in [-0.15, -0.1) is 11.3 Å². The molecule has 1 fully saturated rings. The van der Waals surface area contributed by atoms with Crippen LogP contribution in [-0.4, -0.2) is 42.1 Å². The maximum atomic E-state index is 4.32. The van der Waals surface area contributed by atoms with E-state index in [2.05, 4.69) is 34.4 Å². The molecule has 0 spiro atoms. The number of hydrogen-bond acceptors (Lipinski definition) is 4. The standard InChI is InChI=1S/C14H25N3S/c1-3-17-8-5-13(6-9-17)12(2)15-7-4-14-10-18-11-16-14/h10-13,15H,3-9H2,1-2H3. The molecule has 3 nitrogen and oxygen atoms in total. The van der Waals surface area contributed by atoms with Gasteiger partial charge in [-0.2, -0.15) is 0 Å². The molecule has 1 aliphatic heterocycles. The van der Waals surface area contributed by atoms with Crippen LogP contribution in [0.1, 0.15) is 32.4 Å². The van der Waals surface area contributed by atoms with Gasteiger partial charge in [0.1, 0.15) is 0 Å². The quantitative estimate of drug-likeness (QED) is 0.858. The molecular weight excluding hydrogens is 242 g/mol. The molecule has 1 atom stereocenters. The third-order valence-electron chi connectivity index (χ3n) is 4.12. The minimum Gasteiger partial charge on any atom is -0.314 e. The first-order chi connectivity index (χ1) is 8.79. The molecular formula is C14H25N3S. The fourth-order valence-electron chi connectivity index (χ4n) is 2.72. The number of aromatic nitrogens is 1. The van der Waals surface area contributed by atoms with Gasteiger partial charge in [0.25, 0.3) is 0 Å². The first-order valence-electron chi connectivity index (χ1n) is 7.12. The summed E-state index contributed by atoms with van der Waals surface area (Å²) in [4.78, 5) is 6.87. The lowest BCUT2D eigenvalue weighted by atomic mass is 9.90. The van der Waals surface area contributed by atoms with E-state index in [1.807, 2.05) is 5.51 Å². The van der Waals surface area contributed by atoms with Gasteiger partial charge < -0.3 is 10.2 Å². The number of nitrogens with one attached hydrogen (secondary N) is 1. The van der Waals surface area contributed by atoms with Crippen LogP contribution in [0.2, 0.25) is 0 Å². The lowest BCUT2D eigenvalue weighted by Crippen LogP contribution is -2.42. The largest absolute Gasteiger partial charge is 0.314 e. The Morgan fingerprint density at radius 2 is 2.28 bits per heavy atom. The van der Waals surface area contributed by atoms with E-state index in [-0.39, 0.29) is 0 Å². The molecule has 0 aromatic carbocycles. The lowest BCUT2D eigenvalue weighted by Gasteiger charge is -2.34. The summed E-state index contributed by atoms with van der Waals surface area (Å²) >= 11 is 1.68. The zero-order valence-corrected chi connectivity index (χ0v) is 12.4. The first-order valence-corrected chi connectivity index (χ1v) is 8.06. The van der Waals surface area contributed by atoms with E-state index >= 15 is 0 Å². The second-order valence-electron chi connectivity index (χ2n) is 5.24. The highest BCUT2D eigenvalue weighted by atomic mass is 32.1. The fraction of sp³-hybridized carbons (Fsp3) is 0.786. The molecule has 0 bridgehead atoms. The Labute approximate surface area is 115 Å². The van der Waals surface area contributed by atoms with Gasteiger partial charge in [0.2, 0.25) is 0 Å². The Balaban J connectivity index is 1.64. The molecule has 4 heteroatoms. The van der Waals surface area contributed by atoms with Gasteiger partial charge in [0.05, 0.1) is 11.2 Å². The van der Waals surface area contributed by atoms with Crippen LogP contribution in [0.25, 0.3) is 0 Å². The molecule has 1 aromatic rings. The van der Waals surface area contributed by atoms with E-state index in [1.165, 1.54) is 38.2 Å². The number of hydrogen-bond donors (Lipinski definition) is 1. The number of thiazole rings is 1. The van der Waals surface area contributed by atoms with Crippen molar-refractivity contribution < 1.29 is 0 Å². The van der Waals surface area contributed by atoms with Crippen molar-refractivity contribution in [1.29, 1.82) is 0 Å². The smallest absolute Gasteiger partial charge is 0.0794 e. The minimum absolute atomic E-state index is 0.641. The average molecular weight is 267 g/mol. The molecule has 1 N–H and O–H groups in total. The molecule has 2 rings (SSSR count). The van der Waals surface area contributed by atoms with E-state index in [4.69, 9.17) is 0 Å². The molecule has 2 heterocycles. The van der Waals surface area contributed by atoms with Gasteiger partial charge in [0, 0.05) is 24.4 Å². The van der Waals surface area contributed by atoms with Gasteiger partial charge in [-0.1, -0.05) is 6.92 Å². The van der Waals surface area contributed by atoms with Crippen molar-refractivity contribution in [3.05, 3.63) is 16.6 Å². The monoisotopic (exact) mass is 267 g/mol. The highest BCUT2D eigenvalue weighted by Gasteiger charge is 2.22. The van der Waals surface area contributed by atoms with Crippen LogP contribution >= 0.6 is 11.3 Å². The summed E-state index contributed by atoms with van der Waals surface area (Å²) in [6.45, 7) is 9.42. The predicted molar refractivity (Wildman–Crippen MR) is 78.1 cm³/mol. The summed E-state index contributed by atoms with van der Waals surface area (Å²) in [5.74, 6) is 0.850. The maximum Gasteiger partial charge on any atom is 0.0794 e. The summed E-state index contributed by atoms with van der Waals surface area (Å²) < 4.78 is 0. The van der Waals surface area contributed by atoms with Crippen LogP contribution in [0.3, 0.4) is 0 Å². The van der Waals surface area contributed by atoms with Crippen molar-refractivity contribution in [2.24, 2.45) is 5.92 Å². The van der Waals surface area contributed by atoms with Gasteiger partial charge >= 0.3 is 0 Å². The summed E-state index contributed by atoms with van der Waals surface area (Å²) in [5, 5.41) is 5.81. The van der Waals surface area contributed by atoms with E-state index in [9.17, 15) is 0 Å². The third kappa shape index (κ3) is 4.04. The fourth-order valence-corrected chi connectivity index (χ4v) is 3.32. The predicted octanol–water partition coefficient (Wildman–Crippen LogP) is 2.40. The molecule has 1 aliphatic rings. The second kappa shape index (κ2) is 7.22. The van der Waals surface area contributed by atoms with Gasteiger partial charge in [0.15, 0.2) is 0 Å². The van der Waals surface area contributed by atoms with Crippen molar-refractivity contribution in [3.63, 3.8) is 0 Å². The summed E-state index contributed by atoms with van der Waals surface area (Å²) in [6.07, 6.45) is 3.75. The van der Waals surface area contributed by atoms with Crippen molar-refractivity contribution in [2.45, 2.75) is 39.2 Å². The molecule has 102 valence electrons. The highest BCUT2D eigenvalue weighted by molar-refractivity contribution is 7.07. The summed E-state index contributed by atoms with van der Waals surface area (Å²) in [6, 6.07) is 0.641. The van der Waals surface area contributed by atoms with E-state index < -0.39 is 0 Å². The van der Waals surface area contributed by atoms with Crippen molar-refractivity contribution in [1.82, 2.24) is 15.2 Å². The molecule has 0 saturated carbocycles.